The van der Waals surface area contributed by atoms with Gasteiger partial charge in [0.2, 0.25) is 11.8 Å². The van der Waals surface area contributed by atoms with E-state index < -0.39 is 28.5 Å². The quantitative estimate of drug-likeness (QED) is 0.289. The third-order valence-electron chi connectivity index (χ3n) is 6.56. The van der Waals surface area contributed by atoms with Crippen LogP contribution in [0, 0.1) is 12.8 Å². The molecule has 0 aromatic heterocycles. The summed E-state index contributed by atoms with van der Waals surface area (Å²) in [5.74, 6) is -0.472. The third-order valence-corrected chi connectivity index (χ3v) is 8.60. The van der Waals surface area contributed by atoms with Crippen LogP contribution >= 0.6 is 11.6 Å². The Hall–Kier alpha value is -3.36. The minimum Gasteiger partial charge on any atom is -0.354 e. The third kappa shape index (κ3) is 8.32. The molecule has 0 radical (unpaired) electrons. The number of halogens is 1. The molecule has 40 heavy (non-hydrogen) atoms. The molecule has 3 aromatic carbocycles. The highest BCUT2D eigenvalue weighted by molar-refractivity contribution is 7.92. The van der Waals surface area contributed by atoms with Gasteiger partial charge < -0.3 is 10.2 Å². The van der Waals surface area contributed by atoms with Crippen LogP contribution in [0.4, 0.5) is 5.69 Å². The van der Waals surface area contributed by atoms with Crippen LogP contribution in [0.2, 0.25) is 5.02 Å². The summed E-state index contributed by atoms with van der Waals surface area (Å²) in [7, 11) is -4.11. The Morgan fingerprint density at radius 3 is 2.12 bits per heavy atom. The van der Waals surface area contributed by atoms with Crippen molar-refractivity contribution < 1.29 is 18.0 Å². The molecule has 0 unspecified atom stereocenters. The smallest absolute Gasteiger partial charge is 0.264 e. The molecule has 3 rings (SSSR count). The first-order valence-corrected chi connectivity index (χ1v) is 15.3. The predicted octanol–water partition coefficient (Wildman–Crippen LogP) is 5.47. The SMILES string of the molecule is CC[C@H](C(=O)NCC(C)C)N(CCc1ccccc1)C(=O)CN(c1ccc(Cl)cc1)S(=O)(=O)c1ccc(C)cc1. The van der Waals surface area contributed by atoms with Crippen molar-refractivity contribution in [2.45, 2.75) is 51.5 Å². The number of hydrogen-bond acceptors (Lipinski definition) is 4. The predicted molar refractivity (Wildman–Crippen MR) is 161 cm³/mol. The van der Waals surface area contributed by atoms with Gasteiger partial charge in [0, 0.05) is 18.1 Å². The number of hydrogen-bond donors (Lipinski definition) is 1. The summed E-state index contributed by atoms with van der Waals surface area (Å²) in [6.07, 6.45) is 0.905. The summed E-state index contributed by atoms with van der Waals surface area (Å²) in [5, 5.41) is 3.38. The number of carbonyl (C=O) groups excluding carboxylic acids is 2. The maximum Gasteiger partial charge on any atom is 0.264 e. The molecule has 2 amide bonds. The van der Waals surface area contributed by atoms with Gasteiger partial charge in [-0.3, -0.25) is 13.9 Å². The number of aryl methyl sites for hydroxylation is 1. The molecular weight excluding hydrogens is 546 g/mol. The van der Waals surface area contributed by atoms with Gasteiger partial charge in [-0.2, -0.15) is 0 Å². The average Bonchev–Trinajstić information content (AvgIpc) is 2.93. The summed E-state index contributed by atoms with van der Waals surface area (Å²) in [6, 6.07) is 21.7. The van der Waals surface area contributed by atoms with Gasteiger partial charge in [-0.15, -0.1) is 0 Å². The van der Waals surface area contributed by atoms with Crippen molar-refractivity contribution in [3.63, 3.8) is 0 Å². The van der Waals surface area contributed by atoms with Gasteiger partial charge in [0.25, 0.3) is 10.0 Å². The molecule has 3 aromatic rings. The van der Waals surface area contributed by atoms with Gasteiger partial charge in [-0.1, -0.05) is 80.4 Å². The van der Waals surface area contributed by atoms with Gasteiger partial charge in [-0.05, 0) is 67.6 Å². The molecule has 0 saturated carbocycles. The fourth-order valence-corrected chi connectivity index (χ4v) is 5.83. The van der Waals surface area contributed by atoms with E-state index in [-0.39, 0.29) is 23.3 Å². The zero-order chi connectivity index (χ0) is 29.3. The van der Waals surface area contributed by atoms with Crippen LogP contribution in [0.25, 0.3) is 0 Å². The number of anilines is 1. The Morgan fingerprint density at radius 1 is 0.925 bits per heavy atom. The van der Waals surface area contributed by atoms with Gasteiger partial charge in [0.15, 0.2) is 0 Å². The standard InChI is InChI=1S/C31H38ClN3O4S/c1-5-29(31(37)33-21-23(2)3)34(20-19-25-9-7-6-8-10-25)30(36)22-35(27-15-13-26(32)14-16-27)40(38,39)28-17-11-24(4)12-18-28/h6-18,23,29H,5,19-22H2,1-4H3,(H,33,37)/t29-/m1/s1. The minimum atomic E-state index is -4.11. The van der Waals surface area contributed by atoms with Crippen LogP contribution in [0.5, 0.6) is 0 Å². The van der Waals surface area contributed by atoms with Gasteiger partial charge >= 0.3 is 0 Å². The molecule has 0 aliphatic rings. The molecule has 0 aliphatic carbocycles. The Morgan fingerprint density at radius 2 is 1.55 bits per heavy atom. The van der Waals surface area contributed by atoms with E-state index in [2.05, 4.69) is 5.32 Å². The first-order chi connectivity index (χ1) is 19.0. The second-order valence-electron chi connectivity index (χ2n) is 10.2. The highest BCUT2D eigenvalue weighted by Crippen LogP contribution is 2.26. The van der Waals surface area contributed by atoms with Crippen LogP contribution in [-0.4, -0.2) is 50.8 Å². The largest absolute Gasteiger partial charge is 0.354 e. The van der Waals surface area contributed by atoms with E-state index in [4.69, 9.17) is 11.6 Å². The summed E-state index contributed by atoms with van der Waals surface area (Å²) >= 11 is 6.08. The number of sulfonamides is 1. The van der Waals surface area contributed by atoms with Gasteiger partial charge in [0.05, 0.1) is 10.6 Å². The fourth-order valence-electron chi connectivity index (χ4n) is 4.29. The summed E-state index contributed by atoms with van der Waals surface area (Å²) < 4.78 is 28.8. The normalized spacial score (nSPS) is 12.2. The van der Waals surface area contributed by atoms with E-state index in [1.165, 1.54) is 17.0 Å². The molecule has 1 atom stereocenters. The molecule has 9 heteroatoms. The summed E-state index contributed by atoms with van der Waals surface area (Å²) in [4.78, 5) is 28.8. The van der Waals surface area contributed by atoms with Gasteiger partial charge in [0.1, 0.15) is 12.6 Å². The van der Waals surface area contributed by atoms with Crippen LogP contribution < -0.4 is 9.62 Å². The molecule has 214 valence electrons. The number of rotatable bonds is 13. The Balaban J connectivity index is 1.99. The molecule has 0 fully saturated rings. The zero-order valence-electron chi connectivity index (χ0n) is 23.5. The van der Waals surface area contributed by atoms with E-state index >= 15 is 0 Å². The molecule has 7 nitrogen and oxygen atoms in total. The average molecular weight is 584 g/mol. The number of carbonyl (C=O) groups is 2. The maximum absolute atomic E-state index is 14.0. The first-order valence-electron chi connectivity index (χ1n) is 13.5. The number of nitrogens with one attached hydrogen (secondary N) is 1. The van der Waals surface area contributed by atoms with Crippen LogP contribution in [0.15, 0.2) is 83.8 Å². The summed E-state index contributed by atoms with van der Waals surface area (Å²) in [5.41, 5.74) is 2.23. The molecule has 0 aliphatic heterocycles. The Labute approximate surface area is 243 Å². The molecular formula is C31H38ClN3O4S. The zero-order valence-corrected chi connectivity index (χ0v) is 25.1. The van der Waals surface area contributed by atoms with Crippen molar-refractivity contribution in [2.24, 2.45) is 5.92 Å². The first kappa shape index (κ1) is 31.2. The molecule has 1 N–H and O–H groups in total. The van der Waals surface area contributed by atoms with E-state index in [1.807, 2.05) is 58.0 Å². The van der Waals surface area contributed by atoms with Crippen LogP contribution in [-0.2, 0) is 26.0 Å². The van der Waals surface area contributed by atoms with Crippen molar-refractivity contribution >= 4 is 39.1 Å². The Kier molecular flexibility index (Phi) is 11.2. The number of nitrogens with zero attached hydrogens (tertiary/aromatic N) is 2. The molecule has 0 bridgehead atoms. The monoisotopic (exact) mass is 583 g/mol. The second-order valence-corrected chi connectivity index (χ2v) is 12.5. The highest BCUT2D eigenvalue weighted by Gasteiger charge is 2.33. The lowest BCUT2D eigenvalue weighted by atomic mass is 10.1. The number of amides is 2. The lowest BCUT2D eigenvalue weighted by Crippen LogP contribution is -2.53. The second kappa shape index (κ2) is 14.3. The van der Waals surface area contributed by atoms with Crippen LogP contribution in [0.1, 0.15) is 38.3 Å². The van der Waals surface area contributed by atoms with Crippen LogP contribution in [0.3, 0.4) is 0 Å². The van der Waals surface area contributed by atoms with Crippen molar-refractivity contribution in [1.29, 1.82) is 0 Å². The van der Waals surface area contributed by atoms with E-state index in [1.54, 1.807) is 36.4 Å². The number of benzene rings is 3. The van der Waals surface area contributed by atoms with Crippen molar-refractivity contribution in [1.82, 2.24) is 10.2 Å². The minimum absolute atomic E-state index is 0.0680. The van der Waals surface area contributed by atoms with Gasteiger partial charge in [-0.25, -0.2) is 8.42 Å². The maximum atomic E-state index is 14.0. The fraction of sp³-hybridized carbons (Fsp3) is 0.355. The van der Waals surface area contributed by atoms with Crippen molar-refractivity contribution in [3.8, 4) is 0 Å². The lowest BCUT2D eigenvalue weighted by molar-refractivity contribution is -0.139. The molecule has 0 heterocycles. The van der Waals surface area contributed by atoms with E-state index in [9.17, 15) is 18.0 Å². The van der Waals surface area contributed by atoms with E-state index in [0.29, 0.717) is 30.1 Å². The summed E-state index contributed by atoms with van der Waals surface area (Å²) in [6.45, 7) is 7.99. The molecule has 0 spiro atoms. The highest BCUT2D eigenvalue weighted by atomic mass is 35.5. The lowest BCUT2D eigenvalue weighted by Gasteiger charge is -2.33. The van der Waals surface area contributed by atoms with Crippen molar-refractivity contribution in [2.75, 3.05) is 23.9 Å². The van der Waals surface area contributed by atoms with Crippen molar-refractivity contribution in [3.05, 3.63) is 95.0 Å². The topological polar surface area (TPSA) is 86.8 Å². The van der Waals surface area contributed by atoms with E-state index in [0.717, 1.165) is 15.4 Å². The molecule has 0 saturated heterocycles. The Bertz CT molecular complexity index is 1360.